The Labute approximate surface area is 113 Å². The fraction of sp³-hybridized carbons (Fsp3) is 0.833. The molecular formula is C12H23N5O2. The summed E-state index contributed by atoms with van der Waals surface area (Å²) >= 11 is 0. The van der Waals surface area contributed by atoms with Gasteiger partial charge < -0.3 is 4.74 Å². The van der Waals surface area contributed by atoms with Crippen molar-refractivity contribution in [3.63, 3.8) is 0 Å². The minimum absolute atomic E-state index is 0.211. The van der Waals surface area contributed by atoms with E-state index >= 15 is 0 Å². The van der Waals surface area contributed by atoms with Crippen LogP contribution in [-0.4, -0.2) is 50.8 Å². The Morgan fingerprint density at radius 2 is 2.16 bits per heavy atom. The summed E-state index contributed by atoms with van der Waals surface area (Å²) in [7, 11) is 0. The van der Waals surface area contributed by atoms with Crippen molar-refractivity contribution in [2.75, 3.05) is 19.7 Å². The van der Waals surface area contributed by atoms with E-state index in [4.69, 9.17) is 4.74 Å². The Morgan fingerprint density at radius 3 is 2.79 bits per heavy atom. The van der Waals surface area contributed by atoms with E-state index in [0.717, 1.165) is 31.8 Å². The molecule has 0 radical (unpaired) electrons. The molecule has 108 valence electrons. The molecule has 7 nitrogen and oxygen atoms in total. The number of nitrogens with zero attached hydrogens (tertiary/aromatic N) is 5. The molecule has 19 heavy (non-hydrogen) atoms. The molecule has 0 saturated carbocycles. The third-order valence-electron chi connectivity index (χ3n) is 2.80. The van der Waals surface area contributed by atoms with E-state index < -0.39 is 0 Å². The predicted molar refractivity (Wildman–Crippen MR) is 70.3 cm³/mol. The van der Waals surface area contributed by atoms with Gasteiger partial charge in [-0.3, -0.25) is 9.69 Å². The molecule has 7 heteroatoms. The van der Waals surface area contributed by atoms with Crippen molar-refractivity contribution in [1.82, 2.24) is 25.1 Å². The number of carbonyl (C=O) groups is 1. The lowest BCUT2D eigenvalue weighted by Crippen LogP contribution is -2.31. The maximum Gasteiger partial charge on any atom is 0.320 e. The molecule has 0 aliphatic carbocycles. The van der Waals surface area contributed by atoms with E-state index in [2.05, 4.69) is 22.4 Å². The van der Waals surface area contributed by atoms with Crippen LogP contribution in [0.4, 0.5) is 0 Å². The molecule has 1 rings (SSSR count). The van der Waals surface area contributed by atoms with Gasteiger partial charge in [0, 0.05) is 6.54 Å². The molecule has 0 spiro atoms. The van der Waals surface area contributed by atoms with Crippen LogP contribution in [-0.2, 0) is 22.6 Å². The van der Waals surface area contributed by atoms with E-state index in [1.54, 1.807) is 11.6 Å². The molecular weight excluding hydrogens is 246 g/mol. The molecule has 1 aromatic heterocycles. The summed E-state index contributed by atoms with van der Waals surface area (Å²) in [5, 5.41) is 11.7. The molecule has 0 N–H and O–H groups in total. The van der Waals surface area contributed by atoms with Crippen LogP contribution >= 0.6 is 0 Å². The summed E-state index contributed by atoms with van der Waals surface area (Å²) in [5.41, 5.74) is 0. The second kappa shape index (κ2) is 8.58. The van der Waals surface area contributed by atoms with Crippen LogP contribution in [0.1, 0.15) is 39.4 Å². The van der Waals surface area contributed by atoms with Crippen molar-refractivity contribution in [2.45, 2.75) is 46.7 Å². The Morgan fingerprint density at radius 1 is 1.37 bits per heavy atom. The van der Waals surface area contributed by atoms with Gasteiger partial charge in [0.1, 0.15) is 0 Å². The molecule has 0 amide bonds. The van der Waals surface area contributed by atoms with Crippen LogP contribution in [0.2, 0.25) is 0 Å². The normalized spacial score (nSPS) is 10.9. The second-order valence-electron chi connectivity index (χ2n) is 4.28. The molecule has 0 aliphatic heterocycles. The minimum atomic E-state index is -0.211. The van der Waals surface area contributed by atoms with Gasteiger partial charge in [-0.05, 0) is 30.3 Å². The number of rotatable bonds is 9. The van der Waals surface area contributed by atoms with Gasteiger partial charge >= 0.3 is 5.97 Å². The fourth-order valence-corrected chi connectivity index (χ4v) is 1.69. The maximum absolute atomic E-state index is 11.5. The molecule has 1 heterocycles. The summed E-state index contributed by atoms with van der Waals surface area (Å²) < 4.78 is 6.75. The van der Waals surface area contributed by atoms with Gasteiger partial charge in [0.05, 0.1) is 19.7 Å². The summed E-state index contributed by atoms with van der Waals surface area (Å²) in [6.07, 6.45) is 2.14. The maximum atomic E-state index is 11.5. The molecule has 0 unspecified atom stereocenters. The van der Waals surface area contributed by atoms with Crippen LogP contribution < -0.4 is 0 Å². The molecule has 0 bridgehead atoms. The number of ether oxygens (including phenoxy) is 1. The summed E-state index contributed by atoms with van der Waals surface area (Å²) in [5.74, 6) is 0.580. The van der Waals surface area contributed by atoms with Crippen LogP contribution in [0, 0.1) is 0 Å². The molecule has 0 atom stereocenters. The lowest BCUT2D eigenvalue weighted by atomic mass is 10.3. The van der Waals surface area contributed by atoms with E-state index in [9.17, 15) is 4.79 Å². The zero-order valence-electron chi connectivity index (χ0n) is 12.0. The zero-order valence-corrected chi connectivity index (χ0v) is 12.0. The first kappa shape index (κ1) is 15.6. The molecule has 0 aromatic carbocycles. The Bertz CT molecular complexity index is 380. The minimum Gasteiger partial charge on any atom is -0.465 e. The first-order valence-electron chi connectivity index (χ1n) is 6.84. The lowest BCUT2D eigenvalue weighted by Gasteiger charge is -2.18. The van der Waals surface area contributed by atoms with Crippen molar-refractivity contribution < 1.29 is 9.53 Å². The molecule has 0 fully saturated rings. The van der Waals surface area contributed by atoms with Gasteiger partial charge in [0.15, 0.2) is 5.82 Å². The highest BCUT2D eigenvalue weighted by atomic mass is 16.5. The van der Waals surface area contributed by atoms with Gasteiger partial charge in [0.2, 0.25) is 0 Å². The standard InChI is InChI=1S/C12H23N5O2/c1-4-7-8-17-11(13-14-15-17)9-16(5-2)10-12(18)19-6-3/h4-10H2,1-3H3. The first-order chi connectivity index (χ1) is 9.21. The number of esters is 1. The Balaban J connectivity index is 2.55. The smallest absolute Gasteiger partial charge is 0.320 e. The second-order valence-corrected chi connectivity index (χ2v) is 4.28. The number of hydrogen-bond donors (Lipinski definition) is 0. The van der Waals surface area contributed by atoms with E-state index in [0.29, 0.717) is 13.2 Å². The van der Waals surface area contributed by atoms with Gasteiger partial charge in [0.25, 0.3) is 0 Å². The van der Waals surface area contributed by atoms with Gasteiger partial charge in [-0.2, -0.15) is 0 Å². The topological polar surface area (TPSA) is 73.1 Å². The largest absolute Gasteiger partial charge is 0.465 e. The number of aromatic nitrogens is 4. The Kier molecular flexibility index (Phi) is 7.02. The quantitative estimate of drug-likeness (QED) is 0.619. The van der Waals surface area contributed by atoms with E-state index in [-0.39, 0.29) is 12.5 Å². The number of tetrazole rings is 1. The van der Waals surface area contributed by atoms with Crippen LogP contribution in [0.25, 0.3) is 0 Å². The average molecular weight is 269 g/mol. The van der Waals surface area contributed by atoms with Crippen molar-refractivity contribution in [3.8, 4) is 0 Å². The van der Waals surface area contributed by atoms with E-state index in [1.165, 1.54) is 0 Å². The number of unbranched alkanes of at least 4 members (excludes halogenated alkanes) is 1. The van der Waals surface area contributed by atoms with Crippen molar-refractivity contribution in [1.29, 1.82) is 0 Å². The monoisotopic (exact) mass is 269 g/mol. The first-order valence-corrected chi connectivity index (χ1v) is 6.84. The van der Waals surface area contributed by atoms with Gasteiger partial charge in [-0.1, -0.05) is 20.3 Å². The van der Waals surface area contributed by atoms with Crippen LogP contribution in [0.3, 0.4) is 0 Å². The van der Waals surface area contributed by atoms with Crippen molar-refractivity contribution in [3.05, 3.63) is 5.82 Å². The SMILES string of the molecule is CCCCn1nnnc1CN(CC)CC(=O)OCC. The van der Waals surface area contributed by atoms with Crippen molar-refractivity contribution in [2.24, 2.45) is 0 Å². The zero-order chi connectivity index (χ0) is 14.1. The highest BCUT2D eigenvalue weighted by molar-refractivity contribution is 5.71. The molecule has 1 aromatic rings. The van der Waals surface area contributed by atoms with Crippen LogP contribution in [0.15, 0.2) is 0 Å². The third kappa shape index (κ3) is 5.34. The number of carbonyl (C=O) groups excluding carboxylic acids is 1. The molecule has 0 saturated heterocycles. The highest BCUT2D eigenvalue weighted by Gasteiger charge is 2.14. The van der Waals surface area contributed by atoms with Crippen LogP contribution in [0.5, 0.6) is 0 Å². The summed E-state index contributed by atoms with van der Waals surface area (Å²) in [4.78, 5) is 13.4. The summed E-state index contributed by atoms with van der Waals surface area (Å²) in [6, 6.07) is 0. The highest BCUT2D eigenvalue weighted by Crippen LogP contribution is 2.02. The fourth-order valence-electron chi connectivity index (χ4n) is 1.69. The average Bonchev–Trinajstić information content (AvgIpc) is 2.83. The number of hydrogen-bond acceptors (Lipinski definition) is 6. The van der Waals surface area contributed by atoms with Gasteiger partial charge in [-0.15, -0.1) is 5.10 Å². The predicted octanol–water partition coefficient (Wildman–Crippen LogP) is 0.858. The van der Waals surface area contributed by atoms with E-state index in [1.807, 2.05) is 11.8 Å². The molecule has 0 aliphatic rings. The Hall–Kier alpha value is -1.50. The number of aryl methyl sites for hydroxylation is 1. The number of likely N-dealkylation sites (N-methyl/N-ethyl adjacent to an activating group) is 1. The van der Waals surface area contributed by atoms with Gasteiger partial charge in [-0.25, -0.2) is 4.68 Å². The third-order valence-corrected chi connectivity index (χ3v) is 2.80. The summed E-state index contributed by atoms with van der Waals surface area (Å²) in [6.45, 7) is 8.74. The van der Waals surface area contributed by atoms with Crippen molar-refractivity contribution >= 4 is 5.97 Å². The lowest BCUT2D eigenvalue weighted by molar-refractivity contribution is -0.144.